The van der Waals surface area contributed by atoms with Crippen LogP contribution in [0.1, 0.15) is 12.5 Å². The van der Waals surface area contributed by atoms with E-state index in [1.807, 2.05) is 19.1 Å². The summed E-state index contributed by atoms with van der Waals surface area (Å²) in [4.78, 5) is 0. The van der Waals surface area contributed by atoms with E-state index in [0.29, 0.717) is 11.8 Å². The average Bonchev–Trinajstić information content (AvgIpc) is 2.48. The Morgan fingerprint density at radius 1 is 1.57 bits per heavy atom. The summed E-state index contributed by atoms with van der Waals surface area (Å²) in [6.07, 6.45) is 0.661. The highest BCUT2D eigenvalue weighted by molar-refractivity contribution is 5.82. The first-order valence-corrected chi connectivity index (χ1v) is 4.55. The summed E-state index contributed by atoms with van der Waals surface area (Å²) < 4.78 is 13.3. The first-order chi connectivity index (χ1) is 6.68. The highest BCUT2D eigenvalue weighted by Gasteiger charge is 2.10. The van der Waals surface area contributed by atoms with E-state index in [0.717, 1.165) is 11.1 Å². The van der Waals surface area contributed by atoms with Crippen molar-refractivity contribution < 1.29 is 4.39 Å². The average molecular weight is 193 g/mol. The number of halogens is 1. The molecule has 0 aliphatic rings. The lowest BCUT2D eigenvalue weighted by molar-refractivity contribution is 0.587. The molecule has 0 saturated heterocycles. The van der Waals surface area contributed by atoms with Gasteiger partial charge in [-0.3, -0.25) is 5.10 Å². The Labute approximate surface area is 81.1 Å². The molecule has 1 atom stereocenters. The minimum atomic E-state index is -0.448. The third-order valence-corrected chi connectivity index (χ3v) is 2.17. The maximum atomic E-state index is 13.3. The van der Waals surface area contributed by atoms with Gasteiger partial charge < -0.3 is 5.73 Å². The van der Waals surface area contributed by atoms with Crippen molar-refractivity contribution in [1.82, 2.24) is 10.2 Å². The van der Waals surface area contributed by atoms with Crippen LogP contribution in [0.5, 0.6) is 0 Å². The van der Waals surface area contributed by atoms with Crippen molar-refractivity contribution in [3.05, 3.63) is 29.7 Å². The quantitative estimate of drug-likeness (QED) is 0.761. The van der Waals surface area contributed by atoms with Crippen molar-refractivity contribution in [3.8, 4) is 0 Å². The minimum absolute atomic E-state index is 0.0231. The molecule has 14 heavy (non-hydrogen) atoms. The van der Waals surface area contributed by atoms with Crippen LogP contribution in [0.2, 0.25) is 0 Å². The molecule has 0 amide bonds. The molecule has 1 unspecified atom stereocenters. The van der Waals surface area contributed by atoms with Gasteiger partial charge in [0.25, 0.3) is 0 Å². The molecule has 4 heteroatoms. The normalized spacial score (nSPS) is 13.4. The molecule has 0 radical (unpaired) electrons. The number of rotatable bonds is 2. The molecule has 0 bridgehead atoms. The van der Waals surface area contributed by atoms with E-state index in [9.17, 15) is 4.39 Å². The monoisotopic (exact) mass is 193 g/mol. The fourth-order valence-corrected chi connectivity index (χ4v) is 1.62. The van der Waals surface area contributed by atoms with E-state index >= 15 is 0 Å². The fraction of sp³-hybridized carbons (Fsp3) is 0.300. The van der Waals surface area contributed by atoms with Crippen molar-refractivity contribution in [1.29, 1.82) is 0 Å². The van der Waals surface area contributed by atoms with Crippen molar-refractivity contribution >= 4 is 10.9 Å². The maximum Gasteiger partial charge on any atom is 0.240 e. The maximum absolute atomic E-state index is 13.3. The van der Waals surface area contributed by atoms with Crippen molar-refractivity contribution in [2.45, 2.75) is 19.4 Å². The van der Waals surface area contributed by atoms with Crippen molar-refractivity contribution in [2.75, 3.05) is 0 Å². The second-order valence-corrected chi connectivity index (χ2v) is 3.54. The van der Waals surface area contributed by atoms with Gasteiger partial charge in [0.2, 0.25) is 5.95 Å². The van der Waals surface area contributed by atoms with Crippen molar-refractivity contribution in [2.24, 2.45) is 5.73 Å². The standard InChI is InChI=1S/C10H12FN3/c1-6(12)5-7-3-2-4-8-9(7)10(11)14-13-8/h2-4,6H,5,12H2,1H3,(H,13,14). The van der Waals surface area contributed by atoms with Gasteiger partial charge >= 0.3 is 0 Å². The predicted molar refractivity (Wildman–Crippen MR) is 53.4 cm³/mol. The van der Waals surface area contributed by atoms with E-state index in [1.165, 1.54) is 0 Å². The highest BCUT2D eigenvalue weighted by Crippen LogP contribution is 2.20. The molecule has 0 aliphatic carbocycles. The highest BCUT2D eigenvalue weighted by atomic mass is 19.1. The number of fused-ring (bicyclic) bond motifs is 1. The van der Waals surface area contributed by atoms with Crippen LogP contribution in [0.3, 0.4) is 0 Å². The summed E-state index contributed by atoms with van der Waals surface area (Å²) >= 11 is 0. The van der Waals surface area contributed by atoms with Gasteiger partial charge in [-0.25, -0.2) is 0 Å². The van der Waals surface area contributed by atoms with E-state index in [-0.39, 0.29) is 6.04 Å². The molecule has 3 nitrogen and oxygen atoms in total. The Morgan fingerprint density at radius 2 is 2.36 bits per heavy atom. The molecular formula is C10H12FN3. The van der Waals surface area contributed by atoms with Crippen LogP contribution >= 0.6 is 0 Å². The molecule has 2 aromatic rings. The Kier molecular flexibility index (Phi) is 2.21. The molecule has 0 spiro atoms. The molecule has 74 valence electrons. The van der Waals surface area contributed by atoms with Crippen LogP contribution < -0.4 is 5.73 Å². The summed E-state index contributed by atoms with van der Waals surface area (Å²) in [5, 5.41) is 6.73. The summed E-state index contributed by atoms with van der Waals surface area (Å²) in [6, 6.07) is 5.58. The zero-order chi connectivity index (χ0) is 10.1. The van der Waals surface area contributed by atoms with Gasteiger partial charge in [0, 0.05) is 6.04 Å². The minimum Gasteiger partial charge on any atom is -0.328 e. The van der Waals surface area contributed by atoms with Gasteiger partial charge in [-0.05, 0) is 25.0 Å². The van der Waals surface area contributed by atoms with Gasteiger partial charge in [0.05, 0.1) is 10.9 Å². The molecule has 1 aromatic carbocycles. The first kappa shape index (κ1) is 9.15. The van der Waals surface area contributed by atoms with Gasteiger partial charge in [-0.15, -0.1) is 5.10 Å². The Balaban J connectivity index is 2.57. The summed E-state index contributed by atoms with van der Waals surface area (Å²) in [6.45, 7) is 1.90. The molecular weight excluding hydrogens is 181 g/mol. The number of benzene rings is 1. The number of aromatic nitrogens is 2. The van der Waals surface area contributed by atoms with E-state index < -0.39 is 5.95 Å². The van der Waals surface area contributed by atoms with E-state index in [2.05, 4.69) is 10.2 Å². The van der Waals surface area contributed by atoms with Crippen LogP contribution in [0.15, 0.2) is 18.2 Å². The topological polar surface area (TPSA) is 54.7 Å². The zero-order valence-electron chi connectivity index (χ0n) is 7.92. The van der Waals surface area contributed by atoms with Crippen LogP contribution in [-0.4, -0.2) is 16.2 Å². The number of hydrogen-bond acceptors (Lipinski definition) is 2. The second-order valence-electron chi connectivity index (χ2n) is 3.54. The van der Waals surface area contributed by atoms with Gasteiger partial charge in [0.15, 0.2) is 0 Å². The smallest absolute Gasteiger partial charge is 0.240 e. The molecule has 1 heterocycles. The predicted octanol–water partition coefficient (Wildman–Crippen LogP) is 1.59. The molecule has 0 fully saturated rings. The largest absolute Gasteiger partial charge is 0.328 e. The summed E-state index contributed by atoms with van der Waals surface area (Å²) in [5.41, 5.74) is 7.31. The van der Waals surface area contributed by atoms with Crippen LogP contribution in [-0.2, 0) is 6.42 Å². The van der Waals surface area contributed by atoms with Crippen LogP contribution in [0, 0.1) is 5.95 Å². The number of nitrogens with zero attached hydrogens (tertiary/aromatic N) is 1. The van der Waals surface area contributed by atoms with Gasteiger partial charge in [-0.1, -0.05) is 12.1 Å². The lowest BCUT2D eigenvalue weighted by Crippen LogP contribution is -2.17. The third kappa shape index (κ3) is 1.48. The molecule has 3 N–H and O–H groups in total. The van der Waals surface area contributed by atoms with Gasteiger partial charge in [-0.2, -0.15) is 4.39 Å². The molecule has 0 saturated carbocycles. The number of nitrogens with two attached hydrogens (primary N) is 1. The summed E-state index contributed by atoms with van der Waals surface area (Å²) in [5.74, 6) is -0.448. The van der Waals surface area contributed by atoms with E-state index in [4.69, 9.17) is 5.73 Å². The summed E-state index contributed by atoms with van der Waals surface area (Å²) in [7, 11) is 0. The Morgan fingerprint density at radius 3 is 3.07 bits per heavy atom. The number of hydrogen-bond donors (Lipinski definition) is 2. The zero-order valence-corrected chi connectivity index (χ0v) is 7.92. The molecule has 2 rings (SSSR count). The number of H-pyrrole nitrogens is 1. The number of aromatic amines is 1. The van der Waals surface area contributed by atoms with Crippen LogP contribution in [0.25, 0.3) is 10.9 Å². The van der Waals surface area contributed by atoms with E-state index in [1.54, 1.807) is 6.07 Å². The number of nitrogens with one attached hydrogen (secondary N) is 1. The Bertz CT molecular complexity index is 448. The van der Waals surface area contributed by atoms with Gasteiger partial charge in [0.1, 0.15) is 0 Å². The van der Waals surface area contributed by atoms with Crippen molar-refractivity contribution in [3.63, 3.8) is 0 Å². The fourth-order valence-electron chi connectivity index (χ4n) is 1.62. The third-order valence-electron chi connectivity index (χ3n) is 2.17. The first-order valence-electron chi connectivity index (χ1n) is 4.55. The molecule has 0 aliphatic heterocycles. The lowest BCUT2D eigenvalue weighted by atomic mass is 10.0. The van der Waals surface area contributed by atoms with Crippen LogP contribution in [0.4, 0.5) is 4.39 Å². The molecule has 1 aromatic heterocycles. The Hall–Kier alpha value is -1.42. The SMILES string of the molecule is CC(N)Cc1cccc2[nH]nc(F)c12. The second kappa shape index (κ2) is 3.38. The lowest BCUT2D eigenvalue weighted by Gasteiger charge is -2.05.